The molecular formula is C24H25ClN2O4S. The molecule has 8 heteroatoms. The molecule has 0 radical (unpaired) electrons. The van der Waals surface area contributed by atoms with E-state index in [9.17, 15) is 13.2 Å². The number of nitrogens with one attached hydrogen (secondary N) is 2. The number of anilines is 1. The van der Waals surface area contributed by atoms with Crippen LogP contribution >= 0.6 is 11.6 Å². The van der Waals surface area contributed by atoms with Gasteiger partial charge in [0.25, 0.3) is 0 Å². The molecule has 0 aliphatic carbocycles. The van der Waals surface area contributed by atoms with Crippen LogP contribution in [0.5, 0.6) is 5.75 Å². The van der Waals surface area contributed by atoms with Gasteiger partial charge in [-0.25, -0.2) is 8.42 Å². The van der Waals surface area contributed by atoms with Crippen molar-refractivity contribution in [3.05, 3.63) is 88.4 Å². The predicted octanol–water partition coefficient (Wildman–Crippen LogP) is 4.49. The summed E-state index contributed by atoms with van der Waals surface area (Å²) >= 11 is 6.10. The molecule has 0 heterocycles. The molecule has 0 fully saturated rings. The molecule has 32 heavy (non-hydrogen) atoms. The van der Waals surface area contributed by atoms with Crippen LogP contribution < -0.4 is 14.8 Å². The van der Waals surface area contributed by atoms with Gasteiger partial charge < -0.3 is 10.1 Å². The topological polar surface area (TPSA) is 84.5 Å². The molecule has 0 aromatic heterocycles. The maximum absolute atomic E-state index is 13.1. The lowest BCUT2D eigenvalue weighted by molar-refractivity contribution is -0.117. The van der Waals surface area contributed by atoms with Crippen LogP contribution in [0.1, 0.15) is 16.7 Å². The number of halogens is 1. The highest BCUT2D eigenvalue weighted by molar-refractivity contribution is 7.89. The van der Waals surface area contributed by atoms with E-state index in [1.807, 2.05) is 56.3 Å². The van der Waals surface area contributed by atoms with Gasteiger partial charge in [-0.15, -0.1) is 0 Å². The van der Waals surface area contributed by atoms with Gasteiger partial charge in [-0.1, -0.05) is 48.0 Å². The molecule has 1 atom stereocenters. The number of hydrogen-bond donors (Lipinski definition) is 2. The molecule has 0 spiro atoms. The van der Waals surface area contributed by atoms with Gasteiger partial charge in [0.1, 0.15) is 11.8 Å². The van der Waals surface area contributed by atoms with Gasteiger partial charge in [0, 0.05) is 5.69 Å². The molecule has 0 saturated carbocycles. The predicted molar refractivity (Wildman–Crippen MR) is 127 cm³/mol. The number of sulfonamides is 1. The zero-order valence-corrected chi connectivity index (χ0v) is 19.6. The summed E-state index contributed by atoms with van der Waals surface area (Å²) < 4.78 is 33.7. The lowest BCUT2D eigenvalue weighted by atomic mass is 10.1. The second-order valence-electron chi connectivity index (χ2n) is 7.45. The van der Waals surface area contributed by atoms with E-state index in [2.05, 4.69) is 10.0 Å². The Morgan fingerprint density at radius 3 is 2.34 bits per heavy atom. The molecule has 3 rings (SSSR count). The molecule has 168 valence electrons. The van der Waals surface area contributed by atoms with E-state index in [-0.39, 0.29) is 16.3 Å². The van der Waals surface area contributed by atoms with E-state index in [1.165, 1.54) is 25.3 Å². The number of methoxy groups -OCH3 is 1. The monoisotopic (exact) mass is 472 g/mol. The van der Waals surface area contributed by atoms with Crippen LogP contribution in [0.3, 0.4) is 0 Å². The molecule has 1 unspecified atom stereocenters. The van der Waals surface area contributed by atoms with E-state index < -0.39 is 22.0 Å². The van der Waals surface area contributed by atoms with Gasteiger partial charge in [0.05, 0.1) is 17.0 Å². The van der Waals surface area contributed by atoms with Gasteiger partial charge in [-0.05, 0) is 67.3 Å². The van der Waals surface area contributed by atoms with Crippen LogP contribution in [-0.4, -0.2) is 27.5 Å². The highest BCUT2D eigenvalue weighted by Crippen LogP contribution is 2.27. The van der Waals surface area contributed by atoms with Crippen molar-refractivity contribution in [2.24, 2.45) is 0 Å². The van der Waals surface area contributed by atoms with Crippen molar-refractivity contribution in [2.45, 2.75) is 31.2 Å². The number of carbonyl (C=O) groups excluding carboxylic acids is 1. The summed E-state index contributed by atoms with van der Waals surface area (Å²) in [6, 6.07) is 17.9. The third-order valence-corrected chi connectivity index (χ3v) is 6.87. The lowest BCUT2D eigenvalue weighted by Crippen LogP contribution is -2.45. The van der Waals surface area contributed by atoms with Crippen molar-refractivity contribution in [3.63, 3.8) is 0 Å². The van der Waals surface area contributed by atoms with Gasteiger partial charge >= 0.3 is 0 Å². The van der Waals surface area contributed by atoms with Crippen LogP contribution in [0.25, 0.3) is 0 Å². The van der Waals surface area contributed by atoms with Gasteiger partial charge in [0.2, 0.25) is 15.9 Å². The van der Waals surface area contributed by atoms with E-state index in [0.717, 1.165) is 16.7 Å². The first-order valence-corrected chi connectivity index (χ1v) is 11.8. The van der Waals surface area contributed by atoms with E-state index in [0.29, 0.717) is 11.4 Å². The Morgan fingerprint density at radius 2 is 1.72 bits per heavy atom. The molecule has 0 aliphatic heterocycles. The maximum Gasteiger partial charge on any atom is 0.242 e. The first kappa shape index (κ1) is 23.8. The number of aryl methyl sites for hydroxylation is 2. The van der Waals surface area contributed by atoms with Gasteiger partial charge in [0.15, 0.2) is 0 Å². The molecule has 3 aromatic carbocycles. The van der Waals surface area contributed by atoms with Crippen LogP contribution in [0.15, 0.2) is 71.6 Å². The van der Waals surface area contributed by atoms with Crippen LogP contribution in [0.4, 0.5) is 5.69 Å². The molecule has 0 aliphatic rings. The third-order valence-electron chi connectivity index (χ3n) is 5.10. The Balaban J connectivity index is 1.88. The van der Waals surface area contributed by atoms with Crippen molar-refractivity contribution < 1.29 is 17.9 Å². The minimum atomic E-state index is -4.03. The minimum absolute atomic E-state index is 0.0552. The smallest absolute Gasteiger partial charge is 0.242 e. The molecule has 0 bridgehead atoms. The molecule has 0 saturated heterocycles. The number of benzene rings is 3. The summed E-state index contributed by atoms with van der Waals surface area (Å²) in [7, 11) is -2.59. The average Bonchev–Trinajstić information content (AvgIpc) is 2.76. The number of ether oxygens (including phenoxy) is 1. The third kappa shape index (κ3) is 5.88. The molecule has 3 aromatic rings. The summed E-state index contributed by atoms with van der Waals surface area (Å²) in [6.45, 7) is 3.93. The van der Waals surface area contributed by atoms with Gasteiger partial charge in [-0.3, -0.25) is 4.79 Å². The normalized spacial score (nSPS) is 12.2. The summed E-state index contributed by atoms with van der Waals surface area (Å²) in [5.74, 6) is -0.0979. The molecule has 6 nitrogen and oxygen atoms in total. The summed E-state index contributed by atoms with van der Waals surface area (Å²) in [5, 5.41) is 2.98. The standard InChI is InChI=1S/C24H25ClN2O4S/c1-16-9-10-19(13-17(16)2)26-24(28)22(14-18-7-5-4-6-8-18)27-32(29,30)20-11-12-23(31-3)21(25)15-20/h4-13,15,22,27H,14H2,1-3H3,(H,26,28). The van der Waals surface area contributed by atoms with Crippen LogP contribution in [0, 0.1) is 13.8 Å². The second-order valence-corrected chi connectivity index (χ2v) is 9.57. The summed E-state index contributed by atoms with van der Waals surface area (Å²) in [5.41, 5.74) is 3.54. The Labute approximate surface area is 193 Å². The number of carbonyl (C=O) groups is 1. The molecule has 2 N–H and O–H groups in total. The largest absolute Gasteiger partial charge is 0.495 e. The Bertz CT molecular complexity index is 1210. The van der Waals surface area contributed by atoms with Crippen molar-refractivity contribution >= 4 is 33.2 Å². The van der Waals surface area contributed by atoms with Crippen molar-refractivity contribution in [1.82, 2.24) is 4.72 Å². The quantitative estimate of drug-likeness (QED) is 0.505. The number of hydrogen-bond acceptors (Lipinski definition) is 4. The first-order chi connectivity index (χ1) is 15.2. The number of amides is 1. The fourth-order valence-electron chi connectivity index (χ4n) is 3.16. The van der Waals surface area contributed by atoms with Gasteiger partial charge in [-0.2, -0.15) is 4.72 Å². The van der Waals surface area contributed by atoms with Crippen molar-refractivity contribution in [2.75, 3.05) is 12.4 Å². The van der Waals surface area contributed by atoms with Crippen LogP contribution in [0.2, 0.25) is 5.02 Å². The van der Waals surface area contributed by atoms with E-state index >= 15 is 0 Å². The van der Waals surface area contributed by atoms with E-state index in [1.54, 1.807) is 6.07 Å². The Kier molecular flexibility index (Phi) is 7.56. The van der Waals surface area contributed by atoms with Crippen LogP contribution in [-0.2, 0) is 21.2 Å². The highest BCUT2D eigenvalue weighted by Gasteiger charge is 2.27. The Hall–Kier alpha value is -2.87. The maximum atomic E-state index is 13.1. The fraction of sp³-hybridized carbons (Fsp3) is 0.208. The molecular weight excluding hydrogens is 448 g/mol. The highest BCUT2D eigenvalue weighted by atomic mass is 35.5. The number of rotatable bonds is 8. The fourth-order valence-corrected chi connectivity index (χ4v) is 4.70. The zero-order chi connectivity index (χ0) is 23.3. The Morgan fingerprint density at radius 1 is 1.00 bits per heavy atom. The summed E-state index contributed by atoms with van der Waals surface area (Å²) in [6.07, 6.45) is 0.181. The van der Waals surface area contributed by atoms with E-state index in [4.69, 9.17) is 16.3 Å². The first-order valence-electron chi connectivity index (χ1n) is 9.97. The minimum Gasteiger partial charge on any atom is -0.495 e. The molecule has 1 amide bonds. The van der Waals surface area contributed by atoms with Crippen molar-refractivity contribution in [1.29, 1.82) is 0 Å². The lowest BCUT2D eigenvalue weighted by Gasteiger charge is -2.19. The zero-order valence-electron chi connectivity index (χ0n) is 18.1. The SMILES string of the molecule is COc1ccc(S(=O)(=O)NC(Cc2ccccc2)C(=O)Nc2ccc(C)c(C)c2)cc1Cl. The second kappa shape index (κ2) is 10.2. The summed E-state index contributed by atoms with van der Waals surface area (Å²) in [4.78, 5) is 13.1. The average molecular weight is 473 g/mol. The van der Waals surface area contributed by atoms with Crippen molar-refractivity contribution in [3.8, 4) is 5.75 Å².